The molecule has 1 aromatic carbocycles. The number of aliphatic carboxylic acids is 1. The molecule has 0 amide bonds. The fraction of sp³-hybridized carbons (Fsp3) is 0.231. The largest absolute Gasteiger partial charge is 0.481 e. The lowest BCUT2D eigenvalue weighted by atomic mass is 10.3. The number of nitrogens with zero attached hydrogens (tertiary/aromatic N) is 2. The van der Waals surface area contributed by atoms with Crippen molar-refractivity contribution in [3.8, 4) is 0 Å². The number of thiocarbonyl (C=S) groups is 1. The molecule has 2 rings (SSSR count). The van der Waals surface area contributed by atoms with Crippen molar-refractivity contribution in [2.45, 2.75) is 12.6 Å². The molecule has 0 spiro atoms. The van der Waals surface area contributed by atoms with Crippen LogP contribution < -0.4 is 4.90 Å². The Kier molecular flexibility index (Phi) is 3.94. The second-order valence-electron chi connectivity index (χ2n) is 3.97. The van der Waals surface area contributed by atoms with Gasteiger partial charge in [0.15, 0.2) is 0 Å². The monoisotopic (exact) mass is 262 g/mol. The summed E-state index contributed by atoms with van der Waals surface area (Å²) in [4.78, 5) is 14.5. The Labute approximate surface area is 111 Å². The lowest BCUT2D eigenvalue weighted by Gasteiger charge is -2.29. The van der Waals surface area contributed by atoms with Gasteiger partial charge >= 0.3 is 5.97 Å². The minimum Gasteiger partial charge on any atom is -0.481 e. The average molecular weight is 262 g/mol. The number of anilines is 1. The highest BCUT2D eigenvalue weighted by Gasteiger charge is 2.25. The maximum atomic E-state index is 10.6. The summed E-state index contributed by atoms with van der Waals surface area (Å²) in [6.07, 6.45) is 3.81. The van der Waals surface area contributed by atoms with Crippen molar-refractivity contribution in [3.05, 3.63) is 42.7 Å². The summed E-state index contributed by atoms with van der Waals surface area (Å²) in [6.45, 7) is 0.451. The normalized spacial score (nSPS) is 18.1. The first-order chi connectivity index (χ1) is 8.72. The van der Waals surface area contributed by atoms with Crippen LogP contribution in [0.1, 0.15) is 6.42 Å². The molecule has 0 aromatic heterocycles. The van der Waals surface area contributed by atoms with Crippen molar-refractivity contribution in [2.24, 2.45) is 0 Å². The molecule has 0 saturated heterocycles. The Bertz CT molecular complexity index is 461. The van der Waals surface area contributed by atoms with Crippen LogP contribution in [0.15, 0.2) is 42.7 Å². The van der Waals surface area contributed by atoms with E-state index in [0.717, 1.165) is 5.69 Å². The van der Waals surface area contributed by atoms with Gasteiger partial charge in [0.25, 0.3) is 0 Å². The topological polar surface area (TPSA) is 43.8 Å². The quantitative estimate of drug-likeness (QED) is 0.823. The van der Waals surface area contributed by atoms with E-state index < -0.39 is 5.97 Å². The molecule has 1 aliphatic rings. The molecule has 5 heteroatoms. The van der Waals surface area contributed by atoms with E-state index in [1.807, 2.05) is 52.5 Å². The second kappa shape index (κ2) is 5.64. The molecular formula is C13H14N2O2S. The lowest BCUT2D eigenvalue weighted by Crippen LogP contribution is -2.40. The lowest BCUT2D eigenvalue weighted by molar-refractivity contribution is -0.137. The molecule has 0 saturated carbocycles. The van der Waals surface area contributed by atoms with E-state index in [9.17, 15) is 4.79 Å². The molecule has 1 atom stereocenters. The number of carbonyl (C=O) groups is 1. The van der Waals surface area contributed by atoms with Crippen molar-refractivity contribution >= 4 is 29.2 Å². The number of para-hydroxylation sites is 1. The fourth-order valence-corrected chi connectivity index (χ4v) is 2.20. The molecule has 94 valence electrons. The van der Waals surface area contributed by atoms with Gasteiger partial charge < -0.3 is 14.9 Å². The summed E-state index contributed by atoms with van der Waals surface area (Å²) in [5, 5.41) is 10.4. The smallest absolute Gasteiger partial charge is 0.305 e. The fourth-order valence-electron chi connectivity index (χ4n) is 1.91. The summed E-state index contributed by atoms with van der Waals surface area (Å²) in [5.74, 6) is -0.801. The van der Waals surface area contributed by atoms with Gasteiger partial charge in [0.1, 0.15) is 6.17 Å². The van der Waals surface area contributed by atoms with Gasteiger partial charge in [-0.25, -0.2) is 0 Å². The first-order valence-electron chi connectivity index (χ1n) is 5.67. The summed E-state index contributed by atoms with van der Waals surface area (Å²) in [7, 11) is 0. The van der Waals surface area contributed by atoms with E-state index in [-0.39, 0.29) is 12.6 Å². The van der Waals surface area contributed by atoms with Crippen LogP contribution >= 0.6 is 12.2 Å². The summed E-state index contributed by atoms with van der Waals surface area (Å²) >= 11 is 5.05. The Balaban J connectivity index is 2.09. The molecule has 1 heterocycles. The number of carboxylic acids is 1. The minimum atomic E-state index is -0.801. The van der Waals surface area contributed by atoms with E-state index in [4.69, 9.17) is 17.3 Å². The molecule has 1 aliphatic heterocycles. The SMILES string of the molecule is O=C(O)CCN1C=CN(c2ccccc2)C1C=S. The molecule has 0 radical (unpaired) electrons. The summed E-state index contributed by atoms with van der Waals surface area (Å²) < 4.78 is 0. The second-order valence-corrected chi connectivity index (χ2v) is 4.24. The first kappa shape index (κ1) is 12.6. The van der Waals surface area contributed by atoms with Gasteiger partial charge in [-0.1, -0.05) is 30.4 Å². The first-order valence-corrected chi connectivity index (χ1v) is 6.14. The van der Waals surface area contributed by atoms with Crippen LogP contribution in [0.2, 0.25) is 0 Å². The van der Waals surface area contributed by atoms with Crippen molar-refractivity contribution in [2.75, 3.05) is 11.4 Å². The van der Waals surface area contributed by atoms with Gasteiger partial charge in [0, 0.05) is 30.0 Å². The number of carboxylic acid groups (broad SMARTS) is 1. The van der Waals surface area contributed by atoms with Crippen molar-refractivity contribution in [1.29, 1.82) is 0 Å². The highest BCUT2D eigenvalue weighted by molar-refractivity contribution is 7.79. The molecule has 0 fully saturated rings. The zero-order valence-corrected chi connectivity index (χ0v) is 10.6. The molecule has 0 aliphatic carbocycles. The Morgan fingerprint density at radius 3 is 2.67 bits per heavy atom. The molecule has 18 heavy (non-hydrogen) atoms. The van der Waals surface area contributed by atoms with Crippen LogP contribution in [0.3, 0.4) is 0 Å². The van der Waals surface area contributed by atoms with Crippen LogP contribution in [-0.2, 0) is 4.79 Å². The number of hydrogen-bond donors (Lipinski definition) is 1. The number of hydrogen-bond acceptors (Lipinski definition) is 4. The third-order valence-electron chi connectivity index (χ3n) is 2.80. The van der Waals surface area contributed by atoms with Crippen molar-refractivity contribution in [1.82, 2.24) is 4.90 Å². The van der Waals surface area contributed by atoms with Gasteiger partial charge in [-0.05, 0) is 12.1 Å². The van der Waals surface area contributed by atoms with E-state index >= 15 is 0 Å². The molecule has 1 unspecified atom stereocenters. The van der Waals surface area contributed by atoms with Crippen molar-refractivity contribution < 1.29 is 9.90 Å². The van der Waals surface area contributed by atoms with Gasteiger partial charge in [0.2, 0.25) is 0 Å². The van der Waals surface area contributed by atoms with Crippen LogP contribution in [-0.4, -0.2) is 34.1 Å². The Morgan fingerprint density at radius 1 is 1.33 bits per heavy atom. The third-order valence-corrected chi connectivity index (χ3v) is 3.05. The van der Waals surface area contributed by atoms with E-state index in [2.05, 4.69) is 0 Å². The van der Waals surface area contributed by atoms with Gasteiger partial charge in [0.05, 0.1) is 6.42 Å². The molecule has 1 aromatic rings. The Morgan fingerprint density at radius 2 is 2.06 bits per heavy atom. The maximum absolute atomic E-state index is 10.6. The number of rotatable bonds is 5. The van der Waals surface area contributed by atoms with Crippen LogP contribution in [0.5, 0.6) is 0 Å². The van der Waals surface area contributed by atoms with Crippen LogP contribution in [0.4, 0.5) is 5.69 Å². The summed E-state index contributed by atoms with van der Waals surface area (Å²) in [6, 6.07) is 9.87. The highest BCUT2D eigenvalue weighted by atomic mass is 32.1. The molecule has 0 bridgehead atoms. The summed E-state index contributed by atoms with van der Waals surface area (Å²) in [5.41, 5.74) is 1.04. The maximum Gasteiger partial charge on any atom is 0.305 e. The highest BCUT2D eigenvalue weighted by Crippen LogP contribution is 2.23. The van der Waals surface area contributed by atoms with Gasteiger partial charge in [-0.3, -0.25) is 4.79 Å². The average Bonchev–Trinajstić information content (AvgIpc) is 2.80. The molecular weight excluding hydrogens is 248 g/mol. The standard InChI is InChI=1S/C13H14N2O2S/c16-13(17)6-7-14-8-9-15(12(14)10-18)11-4-2-1-3-5-11/h1-5,8-10,12H,6-7H2,(H,16,17). The van der Waals surface area contributed by atoms with E-state index in [0.29, 0.717) is 6.54 Å². The third kappa shape index (κ3) is 2.68. The molecule has 4 nitrogen and oxygen atoms in total. The van der Waals surface area contributed by atoms with E-state index in [1.54, 1.807) is 5.37 Å². The Hall–Kier alpha value is -1.88. The zero-order valence-electron chi connectivity index (χ0n) is 9.77. The minimum absolute atomic E-state index is 0.0956. The van der Waals surface area contributed by atoms with Gasteiger partial charge in [-0.15, -0.1) is 0 Å². The zero-order chi connectivity index (χ0) is 13.0. The van der Waals surface area contributed by atoms with Gasteiger partial charge in [-0.2, -0.15) is 0 Å². The predicted molar refractivity (Wildman–Crippen MR) is 74.5 cm³/mol. The van der Waals surface area contributed by atoms with E-state index in [1.165, 1.54) is 0 Å². The number of benzene rings is 1. The molecule has 1 N–H and O–H groups in total. The van der Waals surface area contributed by atoms with Crippen LogP contribution in [0, 0.1) is 0 Å². The van der Waals surface area contributed by atoms with Crippen molar-refractivity contribution in [3.63, 3.8) is 0 Å². The predicted octanol–water partition coefficient (Wildman–Crippen LogP) is 2.08. The van der Waals surface area contributed by atoms with Crippen LogP contribution in [0.25, 0.3) is 0 Å².